The predicted molar refractivity (Wildman–Crippen MR) is 108 cm³/mol. The largest absolute Gasteiger partial charge is 0.456 e. The van der Waals surface area contributed by atoms with Crippen molar-refractivity contribution in [1.29, 1.82) is 0 Å². The van der Waals surface area contributed by atoms with Crippen molar-refractivity contribution in [3.05, 3.63) is 58.1 Å². The second-order valence-electron chi connectivity index (χ2n) is 6.04. The van der Waals surface area contributed by atoms with Crippen LogP contribution in [0.1, 0.15) is 18.4 Å². The molecule has 0 aliphatic carbocycles. The van der Waals surface area contributed by atoms with Crippen LogP contribution in [0.4, 0.5) is 0 Å². The number of hydrogen-bond acceptors (Lipinski definition) is 3. The van der Waals surface area contributed by atoms with E-state index in [0.717, 1.165) is 31.5 Å². The number of carbonyl (C=O) groups excluding carboxylic acids is 1. The average Bonchev–Trinajstić information content (AvgIpc) is 2.65. The second-order valence-corrected chi connectivity index (χ2v) is 6.83. The van der Waals surface area contributed by atoms with Gasteiger partial charge in [0.1, 0.15) is 16.5 Å². The molecule has 1 amide bonds. The smallest absolute Gasteiger partial charge is 0.223 e. The van der Waals surface area contributed by atoms with Crippen LogP contribution < -0.4 is 15.4 Å². The molecule has 1 aliphatic rings. The van der Waals surface area contributed by atoms with E-state index in [4.69, 9.17) is 27.9 Å². The predicted octanol–water partition coefficient (Wildman–Crippen LogP) is 4.82. The number of halogens is 3. The number of rotatable bonds is 5. The fourth-order valence-corrected chi connectivity index (χ4v) is 3.11. The van der Waals surface area contributed by atoms with Crippen LogP contribution in [0.5, 0.6) is 11.5 Å². The minimum atomic E-state index is 0. The van der Waals surface area contributed by atoms with Crippen molar-refractivity contribution in [3.63, 3.8) is 0 Å². The molecule has 4 nitrogen and oxygen atoms in total. The summed E-state index contributed by atoms with van der Waals surface area (Å²) in [5, 5.41) is 7.12. The third kappa shape index (κ3) is 5.52. The van der Waals surface area contributed by atoms with Gasteiger partial charge >= 0.3 is 0 Å². The first-order chi connectivity index (χ1) is 12.1. The topological polar surface area (TPSA) is 50.4 Å². The van der Waals surface area contributed by atoms with Crippen LogP contribution in [0.15, 0.2) is 42.5 Å². The molecule has 0 unspecified atom stereocenters. The molecule has 0 aromatic heterocycles. The van der Waals surface area contributed by atoms with Crippen LogP contribution in [0, 0.1) is 5.92 Å². The number of carbonyl (C=O) groups is 1. The van der Waals surface area contributed by atoms with Crippen LogP contribution in [0.2, 0.25) is 10.0 Å². The molecule has 2 aromatic rings. The lowest BCUT2D eigenvalue weighted by Crippen LogP contribution is -2.37. The van der Waals surface area contributed by atoms with Crippen LogP contribution >= 0.6 is 35.6 Å². The Labute approximate surface area is 169 Å². The minimum absolute atomic E-state index is 0. The van der Waals surface area contributed by atoms with Gasteiger partial charge in [0.05, 0.1) is 5.02 Å². The van der Waals surface area contributed by atoms with Crippen molar-refractivity contribution in [2.24, 2.45) is 5.92 Å². The Kier molecular flexibility index (Phi) is 8.04. The number of amides is 1. The molecule has 1 heterocycles. The second kappa shape index (κ2) is 10.0. The summed E-state index contributed by atoms with van der Waals surface area (Å²) in [6.45, 7) is 2.34. The number of nitrogens with one attached hydrogen (secondary N) is 2. The highest BCUT2D eigenvalue weighted by Gasteiger charge is 2.20. The van der Waals surface area contributed by atoms with E-state index >= 15 is 0 Å². The molecular formula is C19H21Cl3N2O2. The van der Waals surface area contributed by atoms with Gasteiger partial charge in [0.25, 0.3) is 0 Å². The highest BCUT2D eigenvalue weighted by molar-refractivity contribution is 6.42. The van der Waals surface area contributed by atoms with Gasteiger partial charge in [-0.15, -0.1) is 12.4 Å². The highest BCUT2D eigenvalue weighted by atomic mass is 35.5. The van der Waals surface area contributed by atoms with Crippen LogP contribution in [-0.4, -0.2) is 19.0 Å². The van der Waals surface area contributed by atoms with Crippen molar-refractivity contribution < 1.29 is 9.53 Å². The third-order valence-electron chi connectivity index (χ3n) is 4.24. The lowest BCUT2D eigenvalue weighted by Gasteiger charge is -2.21. The first-order valence-electron chi connectivity index (χ1n) is 8.33. The summed E-state index contributed by atoms with van der Waals surface area (Å²) in [4.78, 5) is 12.2. The molecule has 1 saturated heterocycles. The molecular weight excluding hydrogens is 395 g/mol. The normalized spacial score (nSPS) is 14.4. The van der Waals surface area contributed by atoms with Gasteiger partial charge in [-0.3, -0.25) is 4.79 Å². The molecule has 140 valence electrons. The molecule has 0 atom stereocenters. The molecule has 7 heteroatoms. The van der Waals surface area contributed by atoms with Gasteiger partial charge in [0, 0.05) is 12.5 Å². The van der Waals surface area contributed by atoms with E-state index in [0.29, 0.717) is 28.1 Å². The molecule has 3 rings (SSSR count). The molecule has 26 heavy (non-hydrogen) atoms. The molecule has 0 bridgehead atoms. The number of piperidine rings is 1. The van der Waals surface area contributed by atoms with Gasteiger partial charge in [-0.05, 0) is 55.8 Å². The van der Waals surface area contributed by atoms with Gasteiger partial charge in [-0.1, -0.05) is 41.4 Å². The Balaban J connectivity index is 0.00000243. The number of benzene rings is 2. The van der Waals surface area contributed by atoms with Crippen molar-refractivity contribution in [2.75, 3.05) is 13.1 Å². The summed E-state index contributed by atoms with van der Waals surface area (Å²) in [5.41, 5.74) is 1.02. The van der Waals surface area contributed by atoms with E-state index in [1.165, 1.54) is 0 Å². The standard InChI is InChI=1S/C19H20Cl2N2O2.ClH/c20-16-2-1-3-17(18(16)21)25-15-6-4-13(5-7-15)12-23-19(24)14-8-10-22-11-9-14;/h1-7,14,22H,8-12H2,(H,23,24);1H. The van der Waals surface area contributed by atoms with Crippen molar-refractivity contribution >= 4 is 41.5 Å². The van der Waals surface area contributed by atoms with Crippen molar-refractivity contribution in [3.8, 4) is 11.5 Å². The SMILES string of the molecule is Cl.O=C(NCc1ccc(Oc2cccc(Cl)c2Cl)cc1)C1CCNCC1. The van der Waals surface area contributed by atoms with E-state index in [-0.39, 0.29) is 24.2 Å². The Bertz CT molecular complexity index is 732. The number of hydrogen-bond donors (Lipinski definition) is 2. The Hall–Kier alpha value is -1.46. The van der Waals surface area contributed by atoms with Gasteiger partial charge in [-0.2, -0.15) is 0 Å². The average molecular weight is 416 g/mol. The van der Waals surface area contributed by atoms with E-state index in [1.54, 1.807) is 18.2 Å². The zero-order valence-corrected chi connectivity index (χ0v) is 16.5. The van der Waals surface area contributed by atoms with E-state index in [9.17, 15) is 4.79 Å². The quantitative estimate of drug-likeness (QED) is 0.736. The lowest BCUT2D eigenvalue weighted by atomic mass is 9.97. The Morgan fingerprint density at radius 2 is 1.81 bits per heavy atom. The first kappa shape index (κ1) is 20.8. The highest BCUT2D eigenvalue weighted by Crippen LogP contribution is 2.34. The molecule has 2 N–H and O–H groups in total. The summed E-state index contributed by atoms with van der Waals surface area (Å²) in [7, 11) is 0. The maximum Gasteiger partial charge on any atom is 0.223 e. The summed E-state index contributed by atoms with van der Waals surface area (Å²) < 4.78 is 5.76. The Morgan fingerprint density at radius 1 is 1.12 bits per heavy atom. The Morgan fingerprint density at radius 3 is 2.50 bits per heavy atom. The first-order valence-corrected chi connectivity index (χ1v) is 9.08. The van der Waals surface area contributed by atoms with E-state index in [2.05, 4.69) is 10.6 Å². The van der Waals surface area contributed by atoms with Gasteiger partial charge in [0.15, 0.2) is 0 Å². The fourth-order valence-electron chi connectivity index (χ4n) is 2.78. The maximum atomic E-state index is 12.2. The van der Waals surface area contributed by atoms with Gasteiger partial charge in [-0.25, -0.2) is 0 Å². The van der Waals surface area contributed by atoms with Gasteiger partial charge in [0.2, 0.25) is 5.91 Å². The summed E-state index contributed by atoms with van der Waals surface area (Å²) in [6.07, 6.45) is 1.80. The zero-order valence-electron chi connectivity index (χ0n) is 14.1. The molecule has 2 aromatic carbocycles. The lowest BCUT2D eigenvalue weighted by molar-refractivity contribution is -0.125. The molecule has 1 aliphatic heterocycles. The zero-order chi connectivity index (χ0) is 17.6. The fraction of sp³-hybridized carbons (Fsp3) is 0.316. The van der Waals surface area contributed by atoms with E-state index in [1.807, 2.05) is 24.3 Å². The van der Waals surface area contributed by atoms with Crippen molar-refractivity contribution in [1.82, 2.24) is 10.6 Å². The van der Waals surface area contributed by atoms with Crippen LogP contribution in [-0.2, 0) is 11.3 Å². The maximum absolute atomic E-state index is 12.2. The number of ether oxygens (including phenoxy) is 1. The van der Waals surface area contributed by atoms with Gasteiger partial charge < -0.3 is 15.4 Å². The third-order valence-corrected chi connectivity index (χ3v) is 5.05. The monoisotopic (exact) mass is 414 g/mol. The molecule has 0 saturated carbocycles. The minimum Gasteiger partial charge on any atom is -0.456 e. The summed E-state index contributed by atoms with van der Waals surface area (Å²) >= 11 is 12.1. The molecule has 1 fully saturated rings. The van der Waals surface area contributed by atoms with Crippen LogP contribution in [0.3, 0.4) is 0 Å². The molecule has 0 radical (unpaired) electrons. The summed E-state index contributed by atoms with van der Waals surface area (Å²) in [6, 6.07) is 12.8. The van der Waals surface area contributed by atoms with Crippen LogP contribution in [0.25, 0.3) is 0 Å². The van der Waals surface area contributed by atoms with Crippen molar-refractivity contribution in [2.45, 2.75) is 19.4 Å². The molecule has 0 spiro atoms. The van der Waals surface area contributed by atoms with E-state index < -0.39 is 0 Å². The summed E-state index contributed by atoms with van der Waals surface area (Å²) in [5.74, 6) is 1.43.